The normalized spacial score (nSPS) is 24.8. The fraction of sp³-hybridized carbons (Fsp3) is 0.867. The Hall–Kier alpha value is -0.0831. The van der Waals surface area contributed by atoms with Gasteiger partial charge in [-0.3, -0.25) is 0 Å². The van der Waals surface area contributed by atoms with Crippen LogP contribution in [-0.2, 0) is 4.43 Å². The van der Waals surface area contributed by atoms with Crippen LogP contribution in [-0.4, -0.2) is 14.9 Å². The molecule has 1 saturated heterocycles. The van der Waals surface area contributed by atoms with Crippen LogP contribution in [0.15, 0.2) is 12.7 Å². The molecule has 17 heavy (non-hydrogen) atoms. The smallest absolute Gasteiger partial charge is 0.189 e. The predicted octanol–water partition coefficient (Wildman–Crippen LogP) is 5.29. The van der Waals surface area contributed by atoms with Crippen LogP contribution in [0.1, 0.15) is 57.8 Å². The Morgan fingerprint density at radius 1 is 1.06 bits per heavy atom. The number of allylic oxidation sites excluding steroid dienone is 1. The Morgan fingerprint density at radius 3 is 2.41 bits per heavy atom. The Kier molecular flexibility index (Phi) is 7.87. The second-order valence-electron chi connectivity index (χ2n) is 5.70. The van der Waals surface area contributed by atoms with Crippen molar-refractivity contribution >= 4 is 8.32 Å². The molecule has 1 atom stereocenters. The van der Waals surface area contributed by atoms with Crippen molar-refractivity contribution in [3.8, 4) is 0 Å². The molecular formula is C15H30OSi. The summed E-state index contributed by atoms with van der Waals surface area (Å²) in [5.74, 6) is 0. The third kappa shape index (κ3) is 7.05. The zero-order chi connectivity index (χ0) is 12.4. The summed E-state index contributed by atoms with van der Waals surface area (Å²) in [6, 6.07) is 2.81. The second-order valence-corrected chi connectivity index (χ2v) is 9.89. The molecular weight excluding hydrogens is 224 g/mol. The summed E-state index contributed by atoms with van der Waals surface area (Å²) in [5.41, 5.74) is 0. The Labute approximate surface area is 109 Å². The predicted molar refractivity (Wildman–Crippen MR) is 78.9 cm³/mol. The highest BCUT2D eigenvalue weighted by molar-refractivity contribution is 6.72. The molecule has 1 unspecified atom stereocenters. The maximum atomic E-state index is 6.05. The summed E-state index contributed by atoms with van der Waals surface area (Å²) in [7, 11) is -1.23. The van der Waals surface area contributed by atoms with Crippen molar-refractivity contribution < 1.29 is 4.43 Å². The van der Waals surface area contributed by atoms with Gasteiger partial charge in [-0.25, -0.2) is 0 Å². The van der Waals surface area contributed by atoms with Gasteiger partial charge in [0.2, 0.25) is 0 Å². The quantitative estimate of drug-likeness (QED) is 0.309. The average molecular weight is 254 g/mol. The lowest BCUT2D eigenvalue weighted by Crippen LogP contribution is -2.37. The van der Waals surface area contributed by atoms with E-state index in [4.69, 9.17) is 4.43 Å². The van der Waals surface area contributed by atoms with Crippen LogP contribution < -0.4 is 0 Å². The van der Waals surface area contributed by atoms with Gasteiger partial charge in [0.15, 0.2) is 8.32 Å². The minimum atomic E-state index is -1.23. The van der Waals surface area contributed by atoms with Gasteiger partial charge >= 0.3 is 0 Å². The van der Waals surface area contributed by atoms with E-state index in [9.17, 15) is 0 Å². The van der Waals surface area contributed by atoms with Crippen LogP contribution in [0.3, 0.4) is 0 Å². The van der Waals surface area contributed by atoms with E-state index in [1.807, 2.05) is 6.08 Å². The molecule has 2 heteroatoms. The Balaban J connectivity index is 1.91. The molecule has 1 rings (SSSR count). The fourth-order valence-corrected chi connectivity index (χ4v) is 5.86. The van der Waals surface area contributed by atoms with Crippen LogP contribution in [0.4, 0.5) is 0 Å². The molecule has 1 fully saturated rings. The third-order valence-electron chi connectivity index (χ3n) is 3.91. The van der Waals surface area contributed by atoms with Gasteiger partial charge in [0.05, 0.1) is 0 Å². The van der Waals surface area contributed by atoms with E-state index >= 15 is 0 Å². The highest BCUT2D eigenvalue weighted by Gasteiger charge is 2.30. The average Bonchev–Trinajstić information content (AvgIpc) is 2.33. The number of hydrogen-bond donors (Lipinski definition) is 0. The molecule has 1 aliphatic heterocycles. The first-order valence-corrected chi connectivity index (χ1v) is 10.3. The molecule has 0 N–H and O–H groups in total. The minimum Gasteiger partial charge on any atom is -0.417 e. The first-order valence-electron chi connectivity index (χ1n) is 7.52. The van der Waals surface area contributed by atoms with E-state index in [2.05, 4.69) is 13.1 Å². The van der Waals surface area contributed by atoms with Crippen LogP contribution in [0, 0.1) is 0 Å². The first kappa shape index (κ1) is 15.0. The van der Waals surface area contributed by atoms with E-state index in [1.54, 1.807) is 0 Å². The lowest BCUT2D eigenvalue weighted by molar-refractivity contribution is 0.269. The van der Waals surface area contributed by atoms with E-state index in [0.29, 0.717) is 0 Å². The topological polar surface area (TPSA) is 9.23 Å². The molecule has 0 bridgehead atoms. The first-order chi connectivity index (χ1) is 8.27. The van der Waals surface area contributed by atoms with Crippen molar-refractivity contribution in [3.05, 3.63) is 12.7 Å². The molecule has 1 aliphatic rings. The van der Waals surface area contributed by atoms with Crippen molar-refractivity contribution in [1.82, 2.24) is 0 Å². The van der Waals surface area contributed by atoms with Gasteiger partial charge in [-0.2, -0.15) is 0 Å². The van der Waals surface area contributed by atoms with Crippen LogP contribution in [0.2, 0.25) is 18.6 Å². The summed E-state index contributed by atoms with van der Waals surface area (Å²) in [6.45, 7) is 7.24. The molecule has 0 radical (unpaired) electrons. The summed E-state index contributed by atoms with van der Waals surface area (Å²) in [4.78, 5) is 0. The van der Waals surface area contributed by atoms with Gasteiger partial charge in [0.1, 0.15) is 0 Å². The van der Waals surface area contributed by atoms with Gasteiger partial charge < -0.3 is 4.43 Å². The minimum absolute atomic E-state index is 1.05. The Bertz CT molecular complexity index is 197. The molecule has 0 aromatic carbocycles. The molecule has 0 aromatic rings. The van der Waals surface area contributed by atoms with Crippen LogP contribution in [0.25, 0.3) is 0 Å². The van der Waals surface area contributed by atoms with Crippen molar-refractivity contribution in [1.29, 1.82) is 0 Å². The second kappa shape index (κ2) is 8.93. The monoisotopic (exact) mass is 254 g/mol. The molecule has 0 aromatic heterocycles. The molecule has 0 saturated carbocycles. The van der Waals surface area contributed by atoms with Crippen molar-refractivity contribution in [2.45, 2.75) is 76.4 Å². The summed E-state index contributed by atoms with van der Waals surface area (Å²) in [5, 5.41) is 0. The maximum absolute atomic E-state index is 6.05. The zero-order valence-electron chi connectivity index (χ0n) is 11.7. The highest BCUT2D eigenvalue weighted by Crippen LogP contribution is 2.27. The van der Waals surface area contributed by atoms with Crippen LogP contribution >= 0.6 is 0 Å². The van der Waals surface area contributed by atoms with Gasteiger partial charge in [-0.05, 0) is 37.9 Å². The van der Waals surface area contributed by atoms with Crippen molar-refractivity contribution in [2.24, 2.45) is 0 Å². The van der Waals surface area contributed by atoms with E-state index in [-0.39, 0.29) is 0 Å². The zero-order valence-corrected chi connectivity index (χ0v) is 12.7. The van der Waals surface area contributed by atoms with E-state index < -0.39 is 8.32 Å². The van der Waals surface area contributed by atoms with Gasteiger partial charge in [0, 0.05) is 6.61 Å². The molecule has 1 heterocycles. The number of hydrogen-bond acceptors (Lipinski definition) is 1. The molecule has 0 aliphatic carbocycles. The van der Waals surface area contributed by atoms with E-state index in [0.717, 1.165) is 6.61 Å². The van der Waals surface area contributed by atoms with Gasteiger partial charge in [-0.15, -0.1) is 6.58 Å². The molecule has 0 spiro atoms. The summed E-state index contributed by atoms with van der Waals surface area (Å²) >= 11 is 0. The lowest BCUT2D eigenvalue weighted by atomic mass is 10.1. The SMILES string of the molecule is C=CCCCCCCCC[Si]1(C)CCCCO1. The van der Waals surface area contributed by atoms with E-state index in [1.165, 1.54) is 69.9 Å². The maximum Gasteiger partial charge on any atom is 0.189 e. The molecule has 1 nitrogen and oxygen atoms in total. The Morgan fingerprint density at radius 2 is 1.76 bits per heavy atom. The largest absolute Gasteiger partial charge is 0.417 e. The highest BCUT2D eigenvalue weighted by atomic mass is 28.4. The van der Waals surface area contributed by atoms with Gasteiger partial charge in [0.25, 0.3) is 0 Å². The standard InChI is InChI=1S/C15H30OSi/c1-3-4-5-6-7-8-9-11-14-17(2)15-12-10-13-16-17/h3H,1,4-15H2,2H3. The third-order valence-corrected chi connectivity index (χ3v) is 7.64. The summed E-state index contributed by atoms with van der Waals surface area (Å²) in [6.07, 6.45) is 14.3. The van der Waals surface area contributed by atoms with Crippen LogP contribution in [0.5, 0.6) is 0 Å². The molecule has 0 amide bonds. The molecule has 100 valence electrons. The van der Waals surface area contributed by atoms with Crippen molar-refractivity contribution in [3.63, 3.8) is 0 Å². The van der Waals surface area contributed by atoms with Gasteiger partial charge in [-0.1, -0.05) is 44.6 Å². The number of unbranched alkanes of at least 4 members (excludes halogenated alkanes) is 6. The fourth-order valence-electron chi connectivity index (χ4n) is 2.68. The lowest BCUT2D eigenvalue weighted by Gasteiger charge is -2.31. The number of rotatable bonds is 9. The van der Waals surface area contributed by atoms with Crippen molar-refractivity contribution in [2.75, 3.05) is 6.61 Å². The summed E-state index contributed by atoms with van der Waals surface area (Å²) < 4.78 is 6.05.